The van der Waals surface area contributed by atoms with Gasteiger partial charge in [-0.05, 0) is 40.2 Å². The van der Waals surface area contributed by atoms with E-state index in [0.29, 0.717) is 19.6 Å². The SMILES string of the molecule is Cc1sc2nc3c(c(COC(C)C)c2c1N=CNC=O)COC(C)(C)C3. The summed E-state index contributed by atoms with van der Waals surface area (Å²) in [6.07, 6.45) is 2.91. The zero-order valence-corrected chi connectivity index (χ0v) is 16.7. The number of hydrogen-bond donors (Lipinski definition) is 1. The number of fused-ring (bicyclic) bond motifs is 2. The summed E-state index contributed by atoms with van der Waals surface area (Å²) >= 11 is 1.62. The second kappa shape index (κ2) is 7.42. The van der Waals surface area contributed by atoms with E-state index in [2.05, 4.69) is 24.2 Å². The van der Waals surface area contributed by atoms with E-state index in [-0.39, 0.29) is 11.7 Å². The van der Waals surface area contributed by atoms with E-state index >= 15 is 0 Å². The molecular formula is C19H25N3O3S. The number of aryl methyl sites for hydroxylation is 1. The Balaban J connectivity index is 2.19. The Kier molecular flexibility index (Phi) is 5.41. The molecule has 0 atom stereocenters. The molecule has 0 radical (unpaired) electrons. The molecule has 0 aromatic carbocycles. The lowest BCUT2D eigenvalue weighted by atomic mass is 9.92. The van der Waals surface area contributed by atoms with Crippen LogP contribution >= 0.6 is 11.3 Å². The van der Waals surface area contributed by atoms with Crippen LogP contribution in [0.4, 0.5) is 5.69 Å². The van der Waals surface area contributed by atoms with Gasteiger partial charge in [-0.2, -0.15) is 0 Å². The van der Waals surface area contributed by atoms with Crippen molar-refractivity contribution in [1.29, 1.82) is 0 Å². The minimum atomic E-state index is -0.217. The first kappa shape index (κ1) is 18.9. The molecule has 2 aromatic rings. The van der Waals surface area contributed by atoms with Crippen LogP contribution < -0.4 is 5.32 Å². The fourth-order valence-electron chi connectivity index (χ4n) is 3.12. The number of aliphatic imine (C=N–C) groups is 1. The van der Waals surface area contributed by atoms with Crippen molar-refractivity contribution in [2.24, 2.45) is 4.99 Å². The van der Waals surface area contributed by atoms with Crippen LogP contribution in [0.25, 0.3) is 10.2 Å². The van der Waals surface area contributed by atoms with Crippen LogP contribution in [0.15, 0.2) is 4.99 Å². The molecule has 3 rings (SSSR count). The number of nitrogens with zero attached hydrogens (tertiary/aromatic N) is 2. The minimum Gasteiger partial charge on any atom is -0.374 e. The molecule has 2 aromatic heterocycles. The monoisotopic (exact) mass is 375 g/mol. The Morgan fingerprint density at radius 2 is 2.23 bits per heavy atom. The quantitative estimate of drug-likeness (QED) is 0.474. The van der Waals surface area contributed by atoms with E-state index in [1.54, 1.807) is 11.3 Å². The number of nitrogens with one attached hydrogen (secondary N) is 1. The van der Waals surface area contributed by atoms with Crippen LogP contribution in [-0.2, 0) is 33.9 Å². The molecule has 3 heterocycles. The molecule has 0 aliphatic carbocycles. The number of carbonyl (C=O) groups is 1. The van der Waals surface area contributed by atoms with Crippen LogP contribution in [0.2, 0.25) is 0 Å². The Morgan fingerprint density at radius 1 is 1.46 bits per heavy atom. The molecule has 0 spiro atoms. The normalized spacial score (nSPS) is 16.4. The molecule has 0 saturated carbocycles. The van der Waals surface area contributed by atoms with E-state index < -0.39 is 0 Å². The fourth-order valence-corrected chi connectivity index (χ4v) is 4.14. The van der Waals surface area contributed by atoms with Gasteiger partial charge >= 0.3 is 0 Å². The number of pyridine rings is 1. The van der Waals surface area contributed by atoms with Gasteiger partial charge in [-0.15, -0.1) is 11.3 Å². The Labute approximate surface area is 157 Å². The summed E-state index contributed by atoms with van der Waals surface area (Å²) in [5.74, 6) is 0. The summed E-state index contributed by atoms with van der Waals surface area (Å²) < 4.78 is 12.0. The zero-order valence-electron chi connectivity index (χ0n) is 15.9. The number of amides is 1. The van der Waals surface area contributed by atoms with Crippen molar-refractivity contribution < 1.29 is 14.3 Å². The first-order valence-corrected chi connectivity index (χ1v) is 9.55. The summed E-state index contributed by atoms with van der Waals surface area (Å²) in [5.41, 5.74) is 3.90. The average molecular weight is 375 g/mol. The second-order valence-corrected chi connectivity index (χ2v) is 8.53. The number of ether oxygens (including phenoxy) is 2. The van der Waals surface area contributed by atoms with Crippen LogP contribution in [0.3, 0.4) is 0 Å². The first-order chi connectivity index (χ1) is 12.3. The van der Waals surface area contributed by atoms with Crippen LogP contribution in [0, 0.1) is 6.92 Å². The fraction of sp³-hybridized carbons (Fsp3) is 0.526. The Bertz CT molecular complexity index is 856. The van der Waals surface area contributed by atoms with Gasteiger partial charge in [-0.3, -0.25) is 4.79 Å². The lowest BCUT2D eigenvalue weighted by molar-refractivity contribution is -0.108. The van der Waals surface area contributed by atoms with Crippen molar-refractivity contribution in [1.82, 2.24) is 10.3 Å². The number of carbonyl (C=O) groups excluding carboxylic acids is 1. The summed E-state index contributed by atoms with van der Waals surface area (Å²) in [6, 6.07) is 0. The highest BCUT2D eigenvalue weighted by Gasteiger charge is 2.31. The third-order valence-corrected chi connectivity index (χ3v) is 5.37. The van der Waals surface area contributed by atoms with Crippen LogP contribution in [-0.4, -0.2) is 29.4 Å². The number of thiophene rings is 1. The van der Waals surface area contributed by atoms with Gasteiger partial charge in [-0.1, -0.05) is 0 Å². The van der Waals surface area contributed by atoms with Gasteiger partial charge in [0.05, 0.1) is 42.6 Å². The van der Waals surface area contributed by atoms with Crippen molar-refractivity contribution in [3.63, 3.8) is 0 Å². The zero-order chi connectivity index (χ0) is 18.9. The molecule has 1 N–H and O–H groups in total. The first-order valence-electron chi connectivity index (χ1n) is 8.74. The van der Waals surface area contributed by atoms with Crippen molar-refractivity contribution in [3.8, 4) is 0 Å². The molecule has 1 amide bonds. The number of rotatable bonds is 6. The summed E-state index contributed by atoms with van der Waals surface area (Å²) in [6.45, 7) is 11.3. The molecule has 6 nitrogen and oxygen atoms in total. The van der Waals surface area contributed by atoms with E-state index in [1.165, 1.54) is 6.34 Å². The number of hydrogen-bond acceptors (Lipinski definition) is 6. The van der Waals surface area contributed by atoms with Gasteiger partial charge in [-0.25, -0.2) is 9.98 Å². The van der Waals surface area contributed by atoms with Gasteiger partial charge in [0, 0.05) is 22.2 Å². The highest BCUT2D eigenvalue weighted by atomic mass is 32.1. The van der Waals surface area contributed by atoms with E-state index in [9.17, 15) is 4.79 Å². The largest absolute Gasteiger partial charge is 0.374 e. The molecule has 1 aliphatic heterocycles. The molecule has 0 bridgehead atoms. The Hall–Kier alpha value is -1.83. The van der Waals surface area contributed by atoms with Gasteiger partial charge in [0.15, 0.2) is 0 Å². The van der Waals surface area contributed by atoms with Crippen LogP contribution in [0.1, 0.15) is 49.4 Å². The lowest BCUT2D eigenvalue weighted by Crippen LogP contribution is -2.33. The maximum absolute atomic E-state index is 10.5. The molecular weight excluding hydrogens is 350 g/mol. The molecule has 1 aliphatic rings. The van der Waals surface area contributed by atoms with Gasteiger partial charge in [0.25, 0.3) is 0 Å². The smallest absolute Gasteiger partial charge is 0.212 e. The van der Waals surface area contributed by atoms with Crippen molar-refractivity contribution in [2.75, 3.05) is 0 Å². The van der Waals surface area contributed by atoms with E-state index in [0.717, 1.165) is 44.0 Å². The summed E-state index contributed by atoms with van der Waals surface area (Å²) in [7, 11) is 0. The van der Waals surface area contributed by atoms with Crippen molar-refractivity contribution in [2.45, 2.75) is 66.0 Å². The molecule has 140 valence electrons. The van der Waals surface area contributed by atoms with E-state index in [1.807, 2.05) is 20.8 Å². The van der Waals surface area contributed by atoms with Gasteiger partial charge in [0.2, 0.25) is 6.41 Å². The maximum atomic E-state index is 10.5. The third kappa shape index (κ3) is 3.79. The number of aromatic nitrogens is 1. The Morgan fingerprint density at radius 3 is 2.92 bits per heavy atom. The van der Waals surface area contributed by atoms with E-state index in [4.69, 9.17) is 14.5 Å². The van der Waals surface area contributed by atoms with Crippen molar-refractivity contribution >= 4 is 40.0 Å². The minimum absolute atomic E-state index is 0.123. The topological polar surface area (TPSA) is 72.8 Å². The lowest BCUT2D eigenvalue weighted by Gasteiger charge is -2.32. The standard InChI is InChI=1S/C19H25N3O3S/c1-11(2)24-7-14-13-8-25-19(4,5)6-15(13)22-18-16(14)17(12(3)26-18)21-9-20-10-23/h9-11H,6-8H2,1-5H3,(H,20,21,23). The summed E-state index contributed by atoms with van der Waals surface area (Å²) in [5, 5.41) is 3.48. The summed E-state index contributed by atoms with van der Waals surface area (Å²) in [4.78, 5) is 21.9. The molecule has 0 saturated heterocycles. The van der Waals surface area contributed by atoms with Gasteiger partial charge < -0.3 is 14.8 Å². The predicted octanol–water partition coefficient (Wildman–Crippen LogP) is 3.79. The third-order valence-electron chi connectivity index (χ3n) is 4.38. The molecule has 7 heteroatoms. The molecule has 0 fully saturated rings. The highest BCUT2D eigenvalue weighted by Crippen LogP contribution is 2.42. The maximum Gasteiger partial charge on any atom is 0.212 e. The van der Waals surface area contributed by atoms with Crippen molar-refractivity contribution in [3.05, 3.63) is 21.7 Å². The molecule has 26 heavy (non-hydrogen) atoms. The predicted molar refractivity (Wildman–Crippen MR) is 104 cm³/mol. The average Bonchev–Trinajstić information content (AvgIpc) is 2.86. The van der Waals surface area contributed by atoms with Gasteiger partial charge in [0.1, 0.15) is 4.83 Å². The van der Waals surface area contributed by atoms with Crippen LogP contribution in [0.5, 0.6) is 0 Å². The highest BCUT2D eigenvalue weighted by molar-refractivity contribution is 7.19. The second-order valence-electron chi connectivity index (χ2n) is 7.33. The molecule has 0 unspecified atom stereocenters.